The van der Waals surface area contributed by atoms with Crippen molar-refractivity contribution in [2.45, 2.75) is 32.7 Å². The van der Waals surface area contributed by atoms with Crippen LogP contribution in [0, 0.1) is 6.92 Å². The van der Waals surface area contributed by atoms with E-state index in [-0.39, 0.29) is 0 Å². The molecule has 1 aromatic carbocycles. The molecule has 2 aromatic rings. The molecular formula is C15H17Br3N2. The van der Waals surface area contributed by atoms with Gasteiger partial charge in [0.05, 0.1) is 15.9 Å². The predicted molar refractivity (Wildman–Crippen MR) is 94.7 cm³/mol. The number of hydrogen-bond donors (Lipinski definition) is 0. The second-order valence-corrected chi connectivity index (χ2v) is 7.13. The summed E-state index contributed by atoms with van der Waals surface area (Å²) in [6.07, 6.45) is 0.969. The van der Waals surface area contributed by atoms with Crippen molar-refractivity contribution in [3.8, 4) is 0 Å². The van der Waals surface area contributed by atoms with Gasteiger partial charge in [-0.05, 0) is 59.8 Å². The van der Waals surface area contributed by atoms with Gasteiger partial charge >= 0.3 is 0 Å². The highest BCUT2D eigenvalue weighted by Gasteiger charge is 2.18. The minimum absolute atomic E-state index is 0.435. The molecule has 1 atom stereocenters. The van der Waals surface area contributed by atoms with Crippen molar-refractivity contribution in [3.05, 3.63) is 50.2 Å². The summed E-state index contributed by atoms with van der Waals surface area (Å²) < 4.78 is 4.35. The van der Waals surface area contributed by atoms with E-state index in [2.05, 4.69) is 88.8 Å². The zero-order valence-electron chi connectivity index (χ0n) is 11.5. The fourth-order valence-electron chi connectivity index (χ4n) is 2.32. The Morgan fingerprint density at radius 2 is 2.05 bits per heavy atom. The molecule has 1 unspecified atom stereocenters. The molecule has 108 valence electrons. The van der Waals surface area contributed by atoms with Gasteiger partial charge in [0.25, 0.3) is 0 Å². The van der Waals surface area contributed by atoms with E-state index >= 15 is 0 Å². The van der Waals surface area contributed by atoms with Gasteiger partial charge in [0.2, 0.25) is 0 Å². The second-order valence-electron chi connectivity index (χ2n) is 4.77. The summed E-state index contributed by atoms with van der Waals surface area (Å²) in [5.41, 5.74) is 3.67. The molecule has 5 heteroatoms. The second kappa shape index (κ2) is 7.23. The molecule has 0 saturated carbocycles. The number of hydrogen-bond acceptors (Lipinski definition) is 1. The highest BCUT2D eigenvalue weighted by molar-refractivity contribution is 9.11. The lowest BCUT2D eigenvalue weighted by Gasteiger charge is -2.16. The summed E-state index contributed by atoms with van der Waals surface area (Å²) in [6, 6.07) is 8.53. The summed E-state index contributed by atoms with van der Waals surface area (Å²) >= 11 is 10.9. The van der Waals surface area contributed by atoms with Crippen molar-refractivity contribution in [1.82, 2.24) is 9.78 Å². The summed E-state index contributed by atoms with van der Waals surface area (Å²) in [7, 11) is 0. The summed E-state index contributed by atoms with van der Waals surface area (Å²) in [4.78, 5) is 0. The Bertz CT molecular complexity index is 593. The van der Waals surface area contributed by atoms with Crippen LogP contribution < -0.4 is 0 Å². The Hall–Kier alpha value is -0.130. The standard InChI is InChI=1S/C15H17Br3N2/c1-3-20-14(15(18)10(2)19-20)8-12(9-16)11-5-4-6-13(17)7-11/h4-7,12H,3,8-9H2,1-2H3. The lowest BCUT2D eigenvalue weighted by molar-refractivity contribution is 0.596. The van der Waals surface area contributed by atoms with Crippen molar-refractivity contribution in [1.29, 1.82) is 0 Å². The monoisotopic (exact) mass is 462 g/mol. The largest absolute Gasteiger partial charge is 0.268 e. The molecule has 0 bridgehead atoms. The van der Waals surface area contributed by atoms with Crippen molar-refractivity contribution in [2.75, 3.05) is 5.33 Å². The summed E-state index contributed by atoms with van der Waals surface area (Å²) in [6.45, 7) is 5.07. The molecule has 0 fully saturated rings. The number of halogens is 3. The molecule has 2 nitrogen and oxygen atoms in total. The lowest BCUT2D eigenvalue weighted by atomic mass is 9.96. The number of alkyl halides is 1. The van der Waals surface area contributed by atoms with Crippen LogP contribution in [0.15, 0.2) is 33.2 Å². The van der Waals surface area contributed by atoms with Gasteiger partial charge in [-0.2, -0.15) is 5.10 Å². The number of nitrogens with zero attached hydrogens (tertiary/aromatic N) is 2. The van der Waals surface area contributed by atoms with E-state index in [1.165, 1.54) is 11.3 Å². The molecular weight excluding hydrogens is 448 g/mol. The fourth-order valence-corrected chi connectivity index (χ4v) is 3.78. The lowest BCUT2D eigenvalue weighted by Crippen LogP contribution is -2.10. The Labute approximate surface area is 145 Å². The Morgan fingerprint density at radius 1 is 1.30 bits per heavy atom. The first-order valence-corrected chi connectivity index (χ1v) is 9.30. The minimum Gasteiger partial charge on any atom is -0.268 e. The maximum atomic E-state index is 4.57. The van der Waals surface area contributed by atoms with E-state index in [1.807, 2.05) is 6.92 Å². The molecule has 2 rings (SSSR count). The van der Waals surface area contributed by atoms with Crippen LogP contribution >= 0.6 is 47.8 Å². The Balaban J connectivity index is 2.31. The maximum Gasteiger partial charge on any atom is 0.0738 e. The van der Waals surface area contributed by atoms with Crippen LogP contribution in [0.3, 0.4) is 0 Å². The number of aromatic nitrogens is 2. The first kappa shape index (κ1) is 16.2. The van der Waals surface area contributed by atoms with E-state index in [0.29, 0.717) is 5.92 Å². The van der Waals surface area contributed by atoms with Crippen LogP contribution in [0.2, 0.25) is 0 Å². The first-order chi connectivity index (χ1) is 9.56. The number of benzene rings is 1. The molecule has 0 spiro atoms. The normalized spacial score (nSPS) is 12.7. The van der Waals surface area contributed by atoms with E-state index in [1.54, 1.807) is 0 Å². The Kier molecular flexibility index (Phi) is 5.87. The highest BCUT2D eigenvalue weighted by Crippen LogP contribution is 2.30. The van der Waals surface area contributed by atoms with Gasteiger partial charge in [-0.1, -0.05) is 44.0 Å². The van der Waals surface area contributed by atoms with Gasteiger partial charge < -0.3 is 0 Å². The Morgan fingerprint density at radius 3 is 2.65 bits per heavy atom. The molecule has 0 radical (unpaired) electrons. The average molecular weight is 465 g/mol. The third kappa shape index (κ3) is 3.55. The topological polar surface area (TPSA) is 17.8 Å². The van der Waals surface area contributed by atoms with Crippen molar-refractivity contribution < 1.29 is 0 Å². The van der Waals surface area contributed by atoms with Crippen LogP contribution in [0.25, 0.3) is 0 Å². The zero-order chi connectivity index (χ0) is 14.7. The molecule has 0 aliphatic rings. The van der Waals surface area contributed by atoms with E-state index in [0.717, 1.165) is 32.9 Å². The minimum atomic E-state index is 0.435. The van der Waals surface area contributed by atoms with Crippen LogP contribution in [-0.2, 0) is 13.0 Å². The molecule has 0 amide bonds. The maximum absolute atomic E-state index is 4.57. The summed E-state index contributed by atoms with van der Waals surface area (Å²) in [5, 5.41) is 5.51. The van der Waals surface area contributed by atoms with E-state index in [9.17, 15) is 0 Å². The van der Waals surface area contributed by atoms with E-state index < -0.39 is 0 Å². The van der Waals surface area contributed by atoms with Crippen LogP contribution in [0.1, 0.15) is 29.8 Å². The molecule has 1 aromatic heterocycles. The third-order valence-corrected chi connectivity index (χ3v) is 5.71. The molecule has 20 heavy (non-hydrogen) atoms. The zero-order valence-corrected chi connectivity index (χ0v) is 16.3. The molecule has 0 aliphatic carbocycles. The molecule has 1 heterocycles. The quantitative estimate of drug-likeness (QED) is 0.537. The van der Waals surface area contributed by atoms with Gasteiger partial charge in [0.1, 0.15) is 0 Å². The van der Waals surface area contributed by atoms with Gasteiger partial charge in [0.15, 0.2) is 0 Å². The van der Waals surface area contributed by atoms with Crippen LogP contribution in [-0.4, -0.2) is 15.1 Å². The summed E-state index contributed by atoms with van der Waals surface area (Å²) in [5.74, 6) is 0.435. The molecule has 0 N–H and O–H groups in total. The van der Waals surface area contributed by atoms with Crippen molar-refractivity contribution in [3.63, 3.8) is 0 Å². The smallest absolute Gasteiger partial charge is 0.0738 e. The fraction of sp³-hybridized carbons (Fsp3) is 0.400. The van der Waals surface area contributed by atoms with E-state index in [4.69, 9.17) is 0 Å². The highest BCUT2D eigenvalue weighted by atomic mass is 79.9. The molecule has 0 saturated heterocycles. The van der Waals surface area contributed by atoms with Crippen molar-refractivity contribution in [2.24, 2.45) is 0 Å². The van der Waals surface area contributed by atoms with Gasteiger partial charge in [0, 0.05) is 16.3 Å². The van der Waals surface area contributed by atoms with Gasteiger partial charge in [-0.25, -0.2) is 0 Å². The first-order valence-electron chi connectivity index (χ1n) is 6.60. The third-order valence-electron chi connectivity index (χ3n) is 3.40. The van der Waals surface area contributed by atoms with Crippen molar-refractivity contribution >= 4 is 47.8 Å². The number of rotatable bonds is 5. The number of aryl methyl sites for hydroxylation is 2. The van der Waals surface area contributed by atoms with Crippen LogP contribution in [0.5, 0.6) is 0 Å². The average Bonchev–Trinajstić information content (AvgIpc) is 2.71. The SMILES string of the molecule is CCn1nc(C)c(Br)c1CC(CBr)c1cccc(Br)c1. The van der Waals surface area contributed by atoms with Gasteiger partial charge in [-0.15, -0.1) is 0 Å². The van der Waals surface area contributed by atoms with Gasteiger partial charge in [-0.3, -0.25) is 4.68 Å². The molecule has 0 aliphatic heterocycles. The van der Waals surface area contributed by atoms with Crippen LogP contribution in [0.4, 0.5) is 0 Å². The predicted octanol–water partition coefficient (Wildman–Crippen LogP) is 5.46.